The van der Waals surface area contributed by atoms with Crippen LogP contribution in [0.15, 0.2) is 24.3 Å². The third-order valence-corrected chi connectivity index (χ3v) is 2.94. The molecule has 1 aliphatic rings. The molecule has 0 heterocycles. The molecular formula is C15H21N3O2. The number of nitrogens with one attached hydrogen (secondary N) is 2. The van der Waals surface area contributed by atoms with Gasteiger partial charge in [0, 0.05) is 29.3 Å². The van der Waals surface area contributed by atoms with E-state index in [1.54, 1.807) is 38.1 Å². The van der Waals surface area contributed by atoms with Gasteiger partial charge in [-0.3, -0.25) is 9.59 Å². The summed E-state index contributed by atoms with van der Waals surface area (Å²) >= 11 is 0. The van der Waals surface area contributed by atoms with E-state index in [4.69, 9.17) is 5.73 Å². The lowest BCUT2D eigenvalue weighted by molar-refractivity contribution is -0.117. The second-order valence-corrected chi connectivity index (χ2v) is 6.04. The normalized spacial score (nSPS) is 14.8. The van der Waals surface area contributed by atoms with Gasteiger partial charge < -0.3 is 16.4 Å². The Kier molecular flexibility index (Phi) is 4.09. The zero-order valence-electron chi connectivity index (χ0n) is 11.9. The fourth-order valence-electron chi connectivity index (χ4n) is 1.85. The first-order valence-corrected chi connectivity index (χ1v) is 6.83. The van der Waals surface area contributed by atoms with Gasteiger partial charge >= 0.3 is 0 Å². The highest BCUT2D eigenvalue weighted by Gasteiger charge is 2.24. The Morgan fingerprint density at radius 2 is 2.05 bits per heavy atom. The number of anilines is 1. The van der Waals surface area contributed by atoms with Crippen molar-refractivity contribution in [1.82, 2.24) is 5.32 Å². The maximum Gasteiger partial charge on any atom is 0.251 e. The van der Waals surface area contributed by atoms with Gasteiger partial charge in [0.1, 0.15) is 0 Å². The fraction of sp³-hybridized carbons (Fsp3) is 0.467. The zero-order chi connectivity index (χ0) is 14.8. The minimum atomic E-state index is -0.551. The molecule has 1 fully saturated rings. The smallest absolute Gasteiger partial charge is 0.251 e. The van der Waals surface area contributed by atoms with Crippen LogP contribution in [0.1, 0.15) is 43.5 Å². The van der Waals surface area contributed by atoms with E-state index in [0.717, 1.165) is 12.8 Å². The predicted octanol–water partition coefficient (Wildman–Crippen LogP) is 1.64. The summed E-state index contributed by atoms with van der Waals surface area (Å²) in [5.41, 5.74) is 6.43. The van der Waals surface area contributed by atoms with E-state index in [-0.39, 0.29) is 18.2 Å². The third kappa shape index (κ3) is 4.66. The van der Waals surface area contributed by atoms with Gasteiger partial charge in [0.2, 0.25) is 5.91 Å². The van der Waals surface area contributed by atoms with E-state index in [1.165, 1.54) is 0 Å². The Morgan fingerprint density at radius 3 is 2.65 bits per heavy atom. The summed E-state index contributed by atoms with van der Waals surface area (Å²) in [6.45, 7) is 3.60. The Morgan fingerprint density at radius 1 is 1.35 bits per heavy atom. The number of hydrogen-bond acceptors (Lipinski definition) is 3. The van der Waals surface area contributed by atoms with Crippen molar-refractivity contribution in [2.45, 2.75) is 44.7 Å². The number of rotatable bonds is 5. The quantitative estimate of drug-likeness (QED) is 0.764. The van der Waals surface area contributed by atoms with E-state index in [0.29, 0.717) is 17.3 Å². The molecular weight excluding hydrogens is 254 g/mol. The summed E-state index contributed by atoms with van der Waals surface area (Å²) in [7, 11) is 0. The Hall–Kier alpha value is -1.88. The van der Waals surface area contributed by atoms with Gasteiger partial charge in [0.05, 0.1) is 0 Å². The third-order valence-electron chi connectivity index (χ3n) is 2.94. The van der Waals surface area contributed by atoms with Crippen LogP contribution in [0.3, 0.4) is 0 Å². The first kappa shape index (κ1) is 14.5. The number of hydrogen-bond donors (Lipinski definition) is 3. The van der Waals surface area contributed by atoms with Crippen LogP contribution in [0.5, 0.6) is 0 Å². The first-order valence-electron chi connectivity index (χ1n) is 6.83. The Labute approximate surface area is 118 Å². The van der Waals surface area contributed by atoms with Gasteiger partial charge in [0.15, 0.2) is 0 Å². The molecule has 5 nitrogen and oxygen atoms in total. The number of nitrogens with two attached hydrogens (primary N) is 1. The van der Waals surface area contributed by atoms with Crippen molar-refractivity contribution in [1.29, 1.82) is 0 Å². The molecule has 5 heteroatoms. The average molecular weight is 275 g/mol. The van der Waals surface area contributed by atoms with Gasteiger partial charge in [0.25, 0.3) is 5.91 Å². The van der Waals surface area contributed by atoms with E-state index >= 15 is 0 Å². The molecule has 1 aromatic rings. The van der Waals surface area contributed by atoms with Crippen molar-refractivity contribution in [2.75, 3.05) is 5.32 Å². The molecule has 1 aromatic carbocycles. The summed E-state index contributed by atoms with van der Waals surface area (Å²) in [4.78, 5) is 23.7. The lowest BCUT2D eigenvalue weighted by Crippen LogP contribution is -2.36. The molecule has 0 radical (unpaired) electrons. The highest BCUT2D eigenvalue weighted by Crippen LogP contribution is 2.20. The van der Waals surface area contributed by atoms with Crippen LogP contribution in [-0.2, 0) is 4.79 Å². The highest BCUT2D eigenvalue weighted by atomic mass is 16.2. The van der Waals surface area contributed by atoms with Crippen LogP contribution >= 0.6 is 0 Å². The second-order valence-electron chi connectivity index (χ2n) is 6.04. The van der Waals surface area contributed by atoms with Crippen molar-refractivity contribution < 1.29 is 9.59 Å². The number of amides is 2. The van der Waals surface area contributed by atoms with Crippen LogP contribution in [0.4, 0.5) is 5.69 Å². The largest absolute Gasteiger partial charge is 0.349 e. The molecule has 0 aromatic heterocycles. The Bertz CT molecular complexity index is 516. The lowest BCUT2D eigenvalue weighted by atomic mass is 10.0. The highest BCUT2D eigenvalue weighted by molar-refractivity contribution is 5.97. The SMILES string of the molecule is CC(C)(N)CC(=O)Nc1cccc(C(=O)NC2CC2)c1. The van der Waals surface area contributed by atoms with Gasteiger partial charge in [-0.2, -0.15) is 0 Å². The molecule has 0 saturated heterocycles. The second kappa shape index (κ2) is 5.63. The molecule has 0 aliphatic heterocycles. The minimum Gasteiger partial charge on any atom is -0.349 e. The monoisotopic (exact) mass is 275 g/mol. The van der Waals surface area contributed by atoms with Gasteiger partial charge in [-0.15, -0.1) is 0 Å². The summed E-state index contributed by atoms with van der Waals surface area (Å²) in [5, 5.41) is 5.68. The summed E-state index contributed by atoms with van der Waals surface area (Å²) in [6, 6.07) is 7.25. The maximum absolute atomic E-state index is 11.9. The summed E-state index contributed by atoms with van der Waals surface area (Å²) in [6.07, 6.45) is 2.33. The molecule has 0 atom stereocenters. The molecule has 4 N–H and O–H groups in total. The lowest BCUT2D eigenvalue weighted by Gasteiger charge is -2.17. The first-order chi connectivity index (χ1) is 9.33. The van der Waals surface area contributed by atoms with Gasteiger partial charge in [-0.05, 0) is 44.9 Å². The average Bonchev–Trinajstić information content (AvgIpc) is 3.10. The molecule has 2 rings (SSSR count). The van der Waals surface area contributed by atoms with Gasteiger partial charge in [-0.25, -0.2) is 0 Å². The van der Waals surface area contributed by atoms with Crippen LogP contribution < -0.4 is 16.4 Å². The molecule has 0 unspecified atom stereocenters. The molecule has 0 bridgehead atoms. The van der Waals surface area contributed by atoms with E-state index < -0.39 is 5.54 Å². The van der Waals surface area contributed by atoms with E-state index in [9.17, 15) is 9.59 Å². The number of carbonyl (C=O) groups excluding carboxylic acids is 2. The fourth-order valence-corrected chi connectivity index (χ4v) is 1.85. The van der Waals surface area contributed by atoms with Crippen molar-refractivity contribution >= 4 is 17.5 Å². The molecule has 2 amide bonds. The number of carbonyl (C=O) groups is 2. The summed E-state index contributed by atoms with van der Waals surface area (Å²) in [5.74, 6) is -0.250. The molecule has 108 valence electrons. The van der Waals surface area contributed by atoms with Crippen LogP contribution in [-0.4, -0.2) is 23.4 Å². The Balaban J connectivity index is 1.98. The van der Waals surface area contributed by atoms with Crippen LogP contribution in [0, 0.1) is 0 Å². The topological polar surface area (TPSA) is 84.2 Å². The predicted molar refractivity (Wildman–Crippen MR) is 78.4 cm³/mol. The van der Waals surface area contributed by atoms with Crippen molar-refractivity contribution in [3.05, 3.63) is 29.8 Å². The number of benzene rings is 1. The van der Waals surface area contributed by atoms with Crippen LogP contribution in [0.2, 0.25) is 0 Å². The summed E-state index contributed by atoms with van der Waals surface area (Å²) < 4.78 is 0. The minimum absolute atomic E-state index is 0.0947. The van der Waals surface area contributed by atoms with Gasteiger partial charge in [-0.1, -0.05) is 6.07 Å². The van der Waals surface area contributed by atoms with Crippen molar-refractivity contribution in [2.24, 2.45) is 5.73 Å². The molecule has 20 heavy (non-hydrogen) atoms. The molecule has 1 saturated carbocycles. The van der Waals surface area contributed by atoms with Crippen molar-refractivity contribution in [3.63, 3.8) is 0 Å². The van der Waals surface area contributed by atoms with E-state index in [1.807, 2.05) is 0 Å². The van der Waals surface area contributed by atoms with Crippen LogP contribution in [0.25, 0.3) is 0 Å². The van der Waals surface area contributed by atoms with E-state index in [2.05, 4.69) is 10.6 Å². The zero-order valence-corrected chi connectivity index (χ0v) is 11.9. The molecule has 0 spiro atoms. The standard InChI is InChI=1S/C15H21N3O2/c1-15(2,16)9-13(19)17-12-5-3-4-10(8-12)14(20)18-11-6-7-11/h3-5,8,11H,6-7,9,16H2,1-2H3,(H,17,19)(H,18,20). The maximum atomic E-state index is 11.9. The molecule has 1 aliphatic carbocycles. The van der Waals surface area contributed by atoms with Crippen molar-refractivity contribution in [3.8, 4) is 0 Å².